The van der Waals surface area contributed by atoms with Crippen LogP contribution in [-0.4, -0.2) is 52.1 Å². The summed E-state index contributed by atoms with van der Waals surface area (Å²) in [7, 11) is 0. The van der Waals surface area contributed by atoms with Crippen molar-refractivity contribution >= 4 is 17.3 Å². The molecule has 0 spiro atoms. The van der Waals surface area contributed by atoms with Gasteiger partial charge in [0, 0.05) is 49.6 Å². The highest BCUT2D eigenvalue weighted by molar-refractivity contribution is 5.93. The summed E-state index contributed by atoms with van der Waals surface area (Å²) in [5.41, 5.74) is 5.62. The number of amides is 1. The Morgan fingerprint density at radius 2 is 1.70 bits per heavy atom. The lowest BCUT2D eigenvalue weighted by atomic mass is 10.0. The number of hydrogen-bond acceptors (Lipinski definition) is 5. The van der Waals surface area contributed by atoms with Gasteiger partial charge in [0.1, 0.15) is 5.69 Å². The van der Waals surface area contributed by atoms with Crippen LogP contribution in [0.15, 0.2) is 48.5 Å². The van der Waals surface area contributed by atoms with Crippen molar-refractivity contribution in [2.45, 2.75) is 13.8 Å². The Labute approximate surface area is 174 Å². The van der Waals surface area contributed by atoms with E-state index >= 15 is 0 Å². The van der Waals surface area contributed by atoms with Gasteiger partial charge < -0.3 is 9.80 Å². The normalized spacial score (nSPS) is 14.1. The van der Waals surface area contributed by atoms with Gasteiger partial charge in [0.2, 0.25) is 0 Å². The molecule has 2 heterocycles. The second-order valence-electron chi connectivity index (χ2n) is 7.52. The molecule has 0 aliphatic carbocycles. The Bertz CT molecular complexity index is 1080. The molecule has 1 aliphatic heterocycles. The summed E-state index contributed by atoms with van der Waals surface area (Å²) < 4.78 is 0. The number of rotatable bonds is 4. The van der Waals surface area contributed by atoms with E-state index in [2.05, 4.69) is 41.1 Å². The maximum atomic E-state index is 12.9. The highest BCUT2D eigenvalue weighted by Crippen LogP contribution is 2.23. The molecule has 0 saturated carbocycles. The lowest BCUT2D eigenvalue weighted by Crippen LogP contribution is -2.48. The predicted octanol–water partition coefficient (Wildman–Crippen LogP) is 3.56. The number of piperazine rings is 1. The average Bonchev–Trinajstić information content (AvgIpc) is 3.25. The molecule has 1 fully saturated rings. The van der Waals surface area contributed by atoms with E-state index in [1.165, 1.54) is 23.3 Å². The van der Waals surface area contributed by atoms with Crippen molar-refractivity contribution in [3.05, 3.63) is 75.5 Å². The molecule has 1 aromatic heterocycles. The number of nitro groups is 1. The predicted molar refractivity (Wildman–Crippen MR) is 115 cm³/mol. The fourth-order valence-corrected chi connectivity index (χ4v) is 3.60. The zero-order valence-electron chi connectivity index (χ0n) is 17.0. The fourth-order valence-electron chi connectivity index (χ4n) is 3.60. The van der Waals surface area contributed by atoms with Gasteiger partial charge in [-0.3, -0.25) is 20.0 Å². The van der Waals surface area contributed by atoms with Gasteiger partial charge in [0.15, 0.2) is 0 Å². The number of aromatic amines is 1. The molecule has 8 heteroatoms. The Morgan fingerprint density at radius 3 is 2.33 bits per heavy atom. The van der Waals surface area contributed by atoms with E-state index in [1.807, 2.05) is 6.07 Å². The molecular weight excluding hydrogens is 382 g/mol. The number of non-ortho nitro benzene ring substituents is 1. The molecule has 1 amide bonds. The maximum Gasteiger partial charge on any atom is 0.272 e. The quantitative estimate of drug-likeness (QED) is 0.529. The van der Waals surface area contributed by atoms with Crippen LogP contribution in [0.2, 0.25) is 0 Å². The van der Waals surface area contributed by atoms with Gasteiger partial charge in [-0.05, 0) is 49.2 Å². The molecule has 0 radical (unpaired) electrons. The number of aromatic nitrogens is 2. The molecule has 0 bridgehead atoms. The smallest absolute Gasteiger partial charge is 0.272 e. The molecular formula is C22H23N5O3. The number of nitrogens with zero attached hydrogens (tertiary/aromatic N) is 4. The largest absolute Gasteiger partial charge is 0.368 e. The molecule has 4 rings (SSSR count). The number of aryl methyl sites for hydroxylation is 2. The molecule has 0 unspecified atom stereocenters. The molecule has 0 atom stereocenters. The van der Waals surface area contributed by atoms with E-state index in [9.17, 15) is 14.9 Å². The first-order valence-corrected chi connectivity index (χ1v) is 9.84. The molecule has 1 N–H and O–H groups in total. The van der Waals surface area contributed by atoms with Crippen molar-refractivity contribution in [2.24, 2.45) is 0 Å². The summed E-state index contributed by atoms with van der Waals surface area (Å²) in [6.45, 7) is 6.61. The van der Waals surface area contributed by atoms with E-state index in [4.69, 9.17) is 0 Å². The van der Waals surface area contributed by atoms with Gasteiger partial charge in [0.25, 0.3) is 11.6 Å². The Morgan fingerprint density at radius 1 is 1.00 bits per heavy atom. The van der Waals surface area contributed by atoms with Gasteiger partial charge in [-0.1, -0.05) is 12.1 Å². The first-order chi connectivity index (χ1) is 14.4. The van der Waals surface area contributed by atoms with Gasteiger partial charge >= 0.3 is 0 Å². The second kappa shape index (κ2) is 7.98. The maximum absolute atomic E-state index is 12.9. The standard InChI is InChI=1S/C22H23N5O3/c1-15-3-4-17(13-16(15)2)20-14-21(24-23-20)22(28)26-11-9-25(10-12-26)18-5-7-19(8-6-18)27(29)30/h3-8,13-14H,9-12H2,1-2H3,(H,23,24). The summed E-state index contributed by atoms with van der Waals surface area (Å²) >= 11 is 0. The lowest BCUT2D eigenvalue weighted by molar-refractivity contribution is -0.384. The molecule has 154 valence electrons. The van der Waals surface area contributed by atoms with E-state index < -0.39 is 4.92 Å². The lowest BCUT2D eigenvalue weighted by Gasteiger charge is -2.35. The minimum Gasteiger partial charge on any atom is -0.368 e. The molecule has 3 aromatic rings. The second-order valence-corrected chi connectivity index (χ2v) is 7.52. The van der Waals surface area contributed by atoms with Crippen LogP contribution >= 0.6 is 0 Å². The highest BCUT2D eigenvalue weighted by Gasteiger charge is 2.24. The number of benzene rings is 2. The Hall–Kier alpha value is -3.68. The van der Waals surface area contributed by atoms with E-state index in [0.717, 1.165) is 16.9 Å². The molecule has 8 nitrogen and oxygen atoms in total. The third-order valence-electron chi connectivity index (χ3n) is 5.60. The van der Waals surface area contributed by atoms with Crippen molar-refractivity contribution in [3.8, 4) is 11.3 Å². The SMILES string of the molecule is Cc1ccc(-c2cc(C(=O)N3CCN(c4ccc([N+](=O)[O-])cc4)CC3)[nH]n2)cc1C. The average molecular weight is 405 g/mol. The highest BCUT2D eigenvalue weighted by atomic mass is 16.6. The summed E-state index contributed by atoms with van der Waals surface area (Å²) in [4.78, 5) is 27.2. The van der Waals surface area contributed by atoms with Crippen LogP contribution < -0.4 is 4.90 Å². The number of nitro benzene ring substituents is 1. The van der Waals surface area contributed by atoms with Gasteiger partial charge in [-0.15, -0.1) is 0 Å². The van der Waals surface area contributed by atoms with Crippen molar-refractivity contribution in [1.29, 1.82) is 0 Å². The van der Waals surface area contributed by atoms with Crippen molar-refractivity contribution in [1.82, 2.24) is 15.1 Å². The number of nitrogens with one attached hydrogen (secondary N) is 1. The fraction of sp³-hybridized carbons (Fsp3) is 0.273. The van der Waals surface area contributed by atoms with Crippen LogP contribution in [0.3, 0.4) is 0 Å². The van der Waals surface area contributed by atoms with Crippen LogP contribution in [-0.2, 0) is 0 Å². The topological polar surface area (TPSA) is 95.4 Å². The van der Waals surface area contributed by atoms with E-state index in [0.29, 0.717) is 31.9 Å². The zero-order chi connectivity index (χ0) is 21.3. The summed E-state index contributed by atoms with van der Waals surface area (Å²) in [6.07, 6.45) is 0. The summed E-state index contributed by atoms with van der Waals surface area (Å²) in [5, 5.41) is 18.0. The van der Waals surface area contributed by atoms with Crippen molar-refractivity contribution in [3.63, 3.8) is 0 Å². The minimum absolute atomic E-state index is 0.0686. The Kier molecular flexibility index (Phi) is 5.22. The minimum atomic E-state index is -0.406. The molecule has 30 heavy (non-hydrogen) atoms. The number of anilines is 1. The third kappa shape index (κ3) is 3.89. The summed E-state index contributed by atoms with van der Waals surface area (Å²) in [6, 6.07) is 14.4. The number of carbonyl (C=O) groups excluding carboxylic acids is 1. The van der Waals surface area contributed by atoms with Crippen LogP contribution in [0, 0.1) is 24.0 Å². The number of hydrogen-bond donors (Lipinski definition) is 1. The van der Waals surface area contributed by atoms with E-state index in [1.54, 1.807) is 23.1 Å². The van der Waals surface area contributed by atoms with Gasteiger partial charge in [-0.25, -0.2) is 0 Å². The Balaban J connectivity index is 1.40. The first kappa shape index (κ1) is 19.6. The molecule has 1 aliphatic rings. The van der Waals surface area contributed by atoms with Crippen LogP contribution in [0.4, 0.5) is 11.4 Å². The van der Waals surface area contributed by atoms with Crippen molar-refractivity contribution in [2.75, 3.05) is 31.1 Å². The van der Waals surface area contributed by atoms with E-state index in [-0.39, 0.29) is 11.6 Å². The van der Waals surface area contributed by atoms with Crippen LogP contribution in [0.25, 0.3) is 11.3 Å². The zero-order valence-corrected chi connectivity index (χ0v) is 17.0. The van der Waals surface area contributed by atoms with Gasteiger partial charge in [0.05, 0.1) is 10.6 Å². The third-order valence-corrected chi connectivity index (χ3v) is 5.60. The number of carbonyl (C=O) groups is 1. The monoisotopic (exact) mass is 405 g/mol. The summed E-state index contributed by atoms with van der Waals surface area (Å²) in [5.74, 6) is -0.0686. The van der Waals surface area contributed by atoms with Crippen molar-refractivity contribution < 1.29 is 9.72 Å². The van der Waals surface area contributed by atoms with Crippen LogP contribution in [0.1, 0.15) is 21.6 Å². The first-order valence-electron chi connectivity index (χ1n) is 9.84. The van der Waals surface area contributed by atoms with Gasteiger partial charge in [-0.2, -0.15) is 5.10 Å². The van der Waals surface area contributed by atoms with Crippen LogP contribution in [0.5, 0.6) is 0 Å². The molecule has 2 aromatic carbocycles. The number of H-pyrrole nitrogens is 1. The molecule has 1 saturated heterocycles.